The first kappa shape index (κ1) is 19.9. The van der Waals surface area contributed by atoms with E-state index in [-0.39, 0.29) is 17.1 Å². The van der Waals surface area contributed by atoms with E-state index in [0.717, 1.165) is 37.5 Å². The lowest BCUT2D eigenvalue weighted by molar-refractivity contribution is 0.432. The molecule has 0 spiro atoms. The summed E-state index contributed by atoms with van der Waals surface area (Å²) in [6.07, 6.45) is 1.81. The number of guanidine groups is 1. The van der Waals surface area contributed by atoms with Gasteiger partial charge in [0.15, 0.2) is 15.8 Å². The molecule has 2 aliphatic rings. The van der Waals surface area contributed by atoms with Gasteiger partial charge in [-0.1, -0.05) is 49.4 Å². The van der Waals surface area contributed by atoms with E-state index in [1.165, 1.54) is 5.56 Å². The van der Waals surface area contributed by atoms with Gasteiger partial charge in [-0.25, -0.2) is 13.4 Å². The molecule has 0 bridgehead atoms. The maximum absolute atomic E-state index is 11.7. The van der Waals surface area contributed by atoms with Crippen LogP contribution in [0.3, 0.4) is 0 Å². The first-order valence-corrected chi connectivity index (χ1v) is 11.5. The van der Waals surface area contributed by atoms with Crippen molar-refractivity contribution in [3.8, 4) is 0 Å². The van der Waals surface area contributed by atoms with E-state index in [4.69, 9.17) is 4.99 Å². The number of benzene rings is 1. The van der Waals surface area contributed by atoms with Gasteiger partial charge in [-0.3, -0.25) is 0 Å². The summed E-state index contributed by atoms with van der Waals surface area (Å²) in [6.45, 7) is 11.3. The van der Waals surface area contributed by atoms with Crippen LogP contribution in [0.4, 0.5) is 0 Å². The van der Waals surface area contributed by atoms with E-state index < -0.39 is 9.84 Å². The van der Waals surface area contributed by atoms with Gasteiger partial charge in [0.2, 0.25) is 0 Å². The molecule has 0 saturated carbocycles. The van der Waals surface area contributed by atoms with Crippen LogP contribution >= 0.6 is 0 Å². The van der Waals surface area contributed by atoms with Gasteiger partial charge in [-0.15, -0.1) is 0 Å². The highest BCUT2D eigenvalue weighted by Gasteiger charge is 2.37. The SMILES string of the molecule is C=C(C)CN=C(NCC1CCS(=O)(=O)C1)N1CCC(C)(c2ccccc2)C1. The molecule has 2 fully saturated rings. The molecule has 5 nitrogen and oxygen atoms in total. The summed E-state index contributed by atoms with van der Waals surface area (Å²) < 4.78 is 23.4. The van der Waals surface area contributed by atoms with E-state index >= 15 is 0 Å². The Morgan fingerprint density at radius 2 is 2.11 bits per heavy atom. The van der Waals surface area contributed by atoms with E-state index in [1.54, 1.807) is 0 Å². The van der Waals surface area contributed by atoms with E-state index in [2.05, 4.69) is 54.1 Å². The number of hydrogen-bond acceptors (Lipinski definition) is 3. The van der Waals surface area contributed by atoms with Crippen LogP contribution in [-0.2, 0) is 15.3 Å². The monoisotopic (exact) mass is 389 g/mol. The Morgan fingerprint density at radius 1 is 1.37 bits per heavy atom. The molecule has 0 aliphatic carbocycles. The van der Waals surface area contributed by atoms with Gasteiger partial charge in [0.25, 0.3) is 0 Å². The summed E-state index contributed by atoms with van der Waals surface area (Å²) in [5.41, 5.74) is 2.47. The topological polar surface area (TPSA) is 61.8 Å². The second-order valence-corrected chi connectivity index (χ2v) is 10.6. The van der Waals surface area contributed by atoms with E-state index in [9.17, 15) is 8.42 Å². The highest BCUT2D eigenvalue weighted by atomic mass is 32.2. The Morgan fingerprint density at radius 3 is 2.74 bits per heavy atom. The Labute approximate surface area is 163 Å². The summed E-state index contributed by atoms with van der Waals surface area (Å²) in [5, 5.41) is 3.46. The third-order valence-electron chi connectivity index (χ3n) is 5.62. The number of sulfone groups is 1. The number of rotatable bonds is 5. The average molecular weight is 390 g/mol. The van der Waals surface area contributed by atoms with Gasteiger partial charge in [-0.05, 0) is 31.2 Å². The minimum Gasteiger partial charge on any atom is -0.356 e. The van der Waals surface area contributed by atoms with Crippen LogP contribution in [0.1, 0.15) is 32.3 Å². The Balaban J connectivity index is 1.68. The summed E-state index contributed by atoms with van der Waals surface area (Å²) in [6, 6.07) is 10.6. The minimum absolute atomic E-state index is 0.101. The average Bonchev–Trinajstić information content (AvgIpc) is 3.19. The lowest BCUT2D eigenvalue weighted by atomic mass is 9.82. The maximum Gasteiger partial charge on any atom is 0.194 e. The number of aliphatic imine (C=N–C) groups is 1. The van der Waals surface area contributed by atoms with Gasteiger partial charge in [0, 0.05) is 25.0 Å². The molecule has 148 valence electrons. The van der Waals surface area contributed by atoms with Crippen molar-refractivity contribution in [3.63, 3.8) is 0 Å². The standard InChI is InChI=1S/C21H31N3O2S/c1-17(2)13-22-20(23-14-18-9-12-27(25,26)15-18)24-11-10-21(3,16-24)19-7-5-4-6-8-19/h4-8,18H,1,9-16H2,2-3H3,(H,22,23). The second kappa shape index (κ2) is 8.05. The maximum atomic E-state index is 11.7. The molecule has 2 aliphatic heterocycles. The Kier molecular flexibility index (Phi) is 5.94. The number of hydrogen-bond donors (Lipinski definition) is 1. The third kappa shape index (κ3) is 5.12. The highest BCUT2D eigenvalue weighted by Crippen LogP contribution is 2.34. The molecule has 6 heteroatoms. The van der Waals surface area contributed by atoms with Crippen LogP contribution in [0.5, 0.6) is 0 Å². The number of nitrogens with one attached hydrogen (secondary N) is 1. The zero-order valence-corrected chi connectivity index (χ0v) is 17.3. The fourth-order valence-corrected chi connectivity index (χ4v) is 5.83. The van der Waals surface area contributed by atoms with Crippen LogP contribution in [0.2, 0.25) is 0 Å². The molecule has 27 heavy (non-hydrogen) atoms. The van der Waals surface area contributed by atoms with Crippen LogP contribution < -0.4 is 5.32 Å². The zero-order chi connectivity index (χ0) is 19.5. The van der Waals surface area contributed by atoms with Crippen LogP contribution in [0, 0.1) is 5.92 Å². The lowest BCUT2D eigenvalue weighted by Gasteiger charge is -2.27. The lowest BCUT2D eigenvalue weighted by Crippen LogP contribution is -2.43. The molecular formula is C21H31N3O2S. The van der Waals surface area contributed by atoms with Gasteiger partial charge in [0.1, 0.15) is 0 Å². The van der Waals surface area contributed by atoms with Gasteiger partial charge < -0.3 is 10.2 Å². The summed E-state index contributed by atoms with van der Waals surface area (Å²) >= 11 is 0. The molecule has 3 rings (SSSR count). The van der Waals surface area contributed by atoms with Crippen LogP contribution in [-0.4, -0.2) is 57.0 Å². The first-order chi connectivity index (χ1) is 12.8. The normalized spacial score (nSPS) is 27.7. The molecule has 0 amide bonds. The molecule has 2 saturated heterocycles. The van der Waals surface area contributed by atoms with Gasteiger partial charge >= 0.3 is 0 Å². The number of likely N-dealkylation sites (tertiary alicyclic amines) is 1. The van der Waals surface area contributed by atoms with Crippen molar-refractivity contribution in [1.29, 1.82) is 0 Å². The quantitative estimate of drug-likeness (QED) is 0.478. The smallest absolute Gasteiger partial charge is 0.194 e. The summed E-state index contributed by atoms with van der Waals surface area (Å²) in [4.78, 5) is 7.05. The predicted molar refractivity (Wildman–Crippen MR) is 112 cm³/mol. The van der Waals surface area contributed by atoms with Crippen molar-refractivity contribution < 1.29 is 8.42 Å². The molecule has 1 N–H and O–H groups in total. The van der Waals surface area contributed by atoms with Crippen molar-refractivity contribution in [2.75, 3.05) is 37.7 Å². The molecule has 2 atom stereocenters. The van der Waals surface area contributed by atoms with E-state index in [0.29, 0.717) is 18.8 Å². The minimum atomic E-state index is -2.85. The van der Waals surface area contributed by atoms with Crippen LogP contribution in [0.15, 0.2) is 47.5 Å². The molecule has 1 aromatic carbocycles. The summed E-state index contributed by atoms with van der Waals surface area (Å²) in [7, 11) is -2.85. The van der Waals surface area contributed by atoms with Crippen molar-refractivity contribution in [3.05, 3.63) is 48.0 Å². The molecule has 0 radical (unpaired) electrons. The molecule has 1 aromatic rings. The Hall–Kier alpha value is -1.82. The van der Waals surface area contributed by atoms with Crippen LogP contribution in [0.25, 0.3) is 0 Å². The van der Waals surface area contributed by atoms with Crippen molar-refractivity contribution >= 4 is 15.8 Å². The zero-order valence-electron chi connectivity index (χ0n) is 16.4. The van der Waals surface area contributed by atoms with Crippen molar-refractivity contribution in [2.45, 2.75) is 32.1 Å². The van der Waals surface area contributed by atoms with Gasteiger partial charge in [-0.2, -0.15) is 0 Å². The number of nitrogens with zero attached hydrogens (tertiary/aromatic N) is 2. The molecule has 2 heterocycles. The van der Waals surface area contributed by atoms with Gasteiger partial charge in [0.05, 0.1) is 18.1 Å². The molecular weight excluding hydrogens is 358 g/mol. The summed E-state index contributed by atoms with van der Waals surface area (Å²) in [5.74, 6) is 1.65. The fraction of sp³-hybridized carbons (Fsp3) is 0.571. The van der Waals surface area contributed by atoms with Crippen molar-refractivity contribution in [1.82, 2.24) is 10.2 Å². The first-order valence-electron chi connectivity index (χ1n) is 9.71. The third-order valence-corrected chi connectivity index (χ3v) is 7.45. The van der Waals surface area contributed by atoms with Crippen molar-refractivity contribution in [2.24, 2.45) is 10.9 Å². The molecule has 0 aromatic heterocycles. The van der Waals surface area contributed by atoms with E-state index in [1.807, 2.05) is 6.92 Å². The molecule has 2 unspecified atom stereocenters. The second-order valence-electron chi connectivity index (χ2n) is 8.35. The predicted octanol–water partition coefficient (Wildman–Crippen LogP) is 2.61. The highest BCUT2D eigenvalue weighted by molar-refractivity contribution is 7.91. The fourth-order valence-electron chi connectivity index (χ4n) is 3.96. The largest absolute Gasteiger partial charge is 0.356 e. The Bertz CT molecular complexity index is 804.